The van der Waals surface area contributed by atoms with Crippen LogP contribution in [0.4, 0.5) is 0 Å². The third-order valence-corrected chi connectivity index (χ3v) is 9.34. The number of ether oxygens (including phenoxy) is 1. The number of hydrogen-bond donors (Lipinski definition) is 0. The Morgan fingerprint density at radius 2 is 0.956 bits per heavy atom. The Morgan fingerprint density at radius 1 is 0.422 bits per heavy atom. The van der Waals surface area contributed by atoms with Crippen LogP contribution in [0.1, 0.15) is 22.3 Å². The third kappa shape index (κ3) is 3.76. The first-order chi connectivity index (χ1) is 22.3. The second-order valence-electron chi connectivity index (χ2n) is 11.7. The van der Waals surface area contributed by atoms with Crippen molar-refractivity contribution in [2.75, 3.05) is 0 Å². The van der Waals surface area contributed by atoms with Gasteiger partial charge in [-0.3, -0.25) is 0 Å². The molecule has 0 saturated heterocycles. The topological polar surface area (TPSA) is 14.2 Å². The van der Waals surface area contributed by atoms with Gasteiger partial charge in [0, 0.05) is 27.5 Å². The summed E-state index contributed by atoms with van der Waals surface area (Å²) in [7, 11) is 0. The fraction of sp³-hybridized carbons (Fsp3) is 0.0233. The van der Waals surface area contributed by atoms with Gasteiger partial charge in [0.15, 0.2) is 0 Å². The van der Waals surface area contributed by atoms with E-state index in [2.05, 4.69) is 180 Å². The summed E-state index contributed by atoms with van der Waals surface area (Å²) in [5, 5.41) is 2.51. The maximum absolute atomic E-state index is 6.68. The Balaban J connectivity index is 1.35. The number of fused-ring (bicyclic) bond motifs is 5. The molecule has 8 aromatic rings. The lowest BCUT2D eigenvalue weighted by Crippen LogP contribution is -2.34. The zero-order valence-electron chi connectivity index (χ0n) is 24.6. The largest absolute Gasteiger partial charge is 0.457 e. The van der Waals surface area contributed by atoms with E-state index in [0.29, 0.717) is 0 Å². The van der Waals surface area contributed by atoms with E-state index >= 15 is 0 Å². The van der Waals surface area contributed by atoms with Crippen LogP contribution in [0, 0.1) is 0 Å². The molecule has 1 aliphatic rings. The van der Waals surface area contributed by atoms with Gasteiger partial charge < -0.3 is 9.30 Å². The van der Waals surface area contributed by atoms with Crippen molar-refractivity contribution in [2.24, 2.45) is 0 Å². The first-order valence-corrected chi connectivity index (χ1v) is 15.4. The summed E-state index contributed by atoms with van der Waals surface area (Å²) >= 11 is 0. The summed E-state index contributed by atoms with van der Waals surface area (Å²) in [5.74, 6) is 1.76. The first kappa shape index (κ1) is 25.6. The van der Waals surface area contributed by atoms with E-state index in [1.807, 2.05) is 0 Å². The predicted octanol–water partition coefficient (Wildman–Crippen LogP) is 10.9. The standard InChI is InChI=1S/C43H29NO/c1-3-15-31(16-4-1)43(32-17-5-2-6-18-32)36-22-10-14-26-41(36)45-42-28-27-30(29-37(42)43)33-19-7-11-23-38(33)44-39-24-12-8-20-34(39)35-21-9-13-25-40(35)44/h1-29H. The van der Waals surface area contributed by atoms with Crippen molar-refractivity contribution in [2.45, 2.75) is 5.41 Å². The van der Waals surface area contributed by atoms with E-state index in [-0.39, 0.29) is 0 Å². The molecule has 212 valence electrons. The molecule has 45 heavy (non-hydrogen) atoms. The van der Waals surface area contributed by atoms with Crippen molar-refractivity contribution in [1.29, 1.82) is 0 Å². The Morgan fingerprint density at radius 3 is 1.64 bits per heavy atom. The number of hydrogen-bond acceptors (Lipinski definition) is 1. The van der Waals surface area contributed by atoms with Crippen LogP contribution in [0.15, 0.2) is 176 Å². The van der Waals surface area contributed by atoms with Crippen LogP contribution in [0.3, 0.4) is 0 Å². The molecule has 0 bridgehead atoms. The molecule has 0 N–H and O–H groups in total. The van der Waals surface area contributed by atoms with Crippen LogP contribution in [-0.4, -0.2) is 4.57 Å². The highest BCUT2D eigenvalue weighted by Crippen LogP contribution is 2.56. The fourth-order valence-electron chi connectivity index (χ4n) is 7.47. The maximum atomic E-state index is 6.68. The molecule has 2 heterocycles. The molecule has 0 saturated carbocycles. The van der Waals surface area contributed by atoms with E-state index in [1.165, 1.54) is 38.5 Å². The SMILES string of the molecule is c1ccc(C2(c3ccccc3)c3ccccc3Oc3ccc(-c4ccccc4-n4c5ccccc5c5ccccc54)cc32)cc1. The molecule has 0 amide bonds. The summed E-state index contributed by atoms with van der Waals surface area (Å²) in [4.78, 5) is 0. The highest BCUT2D eigenvalue weighted by atomic mass is 16.5. The highest BCUT2D eigenvalue weighted by molar-refractivity contribution is 6.09. The van der Waals surface area contributed by atoms with E-state index in [9.17, 15) is 0 Å². The predicted molar refractivity (Wildman–Crippen MR) is 185 cm³/mol. The normalized spacial score (nSPS) is 13.2. The molecule has 0 fully saturated rings. The van der Waals surface area contributed by atoms with Crippen molar-refractivity contribution in [3.8, 4) is 28.3 Å². The smallest absolute Gasteiger partial charge is 0.132 e. The summed E-state index contributed by atoms with van der Waals surface area (Å²) in [6, 6.07) is 63.1. The van der Waals surface area contributed by atoms with Crippen molar-refractivity contribution in [3.05, 3.63) is 198 Å². The van der Waals surface area contributed by atoms with Crippen LogP contribution >= 0.6 is 0 Å². The van der Waals surface area contributed by atoms with Gasteiger partial charge in [-0.25, -0.2) is 0 Å². The Labute approximate surface area is 262 Å². The van der Waals surface area contributed by atoms with Crippen LogP contribution in [0.25, 0.3) is 38.6 Å². The van der Waals surface area contributed by atoms with E-state index in [1.54, 1.807) is 0 Å². The average molecular weight is 576 g/mol. The Kier molecular flexibility index (Phi) is 5.76. The van der Waals surface area contributed by atoms with Crippen molar-refractivity contribution >= 4 is 21.8 Å². The molecule has 0 unspecified atom stereocenters. The van der Waals surface area contributed by atoms with Crippen LogP contribution in [-0.2, 0) is 5.41 Å². The van der Waals surface area contributed by atoms with Gasteiger partial charge >= 0.3 is 0 Å². The second kappa shape index (κ2) is 10.1. The fourth-order valence-corrected chi connectivity index (χ4v) is 7.47. The van der Waals surface area contributed by atoms with Crippen molar-refractivity contribution < 1.29 is 4.74 Å². The van der Waals surface area contributed by atoms with Crippen molar-refractivity contribution in [3.63, 3.8) is 0 Å². The monoisotopic (exact) mass is 575 g/mol. The van der Waals surface area contributed by atoms with Gasteiger partial charge in [-0.05, 0) is 53.1 Å². The molecule has 0 atom stereocenters. The summed E-state index contributed by atoms with van der Waals surface area (Å²) in [6.45, 7) is 0. The van der Waals surface area contributed by atoms with E-state index < -0.39 is 5.41 Å². The maximum Gasteiger partial charge on any atom is 0.132 e. The number of para-hydroxylation sites is 4. The number of benzene rings is 7. The Bertz CT molecular complexity index is 2260. The minimum atomic E-state index is -0.565. The van der Waals surface area contributed by atoms with Gasteiger partial charge in [-0.15, -0.1) is 0 Å². The summed E-state index contributed by atoms with van der Waals surface area (Å²) in [5.41, 5.74) is 9.99. The molecule has 7 aromatic carbocycles. The quantitative estimate of drug-likeness (QED) is 0.204. The Hall–Kier alpha value is -5.86. The lowest BCUT2D eigenvalue weighted by molar-refractivity contribution is 0.434. The van der Waals surface area contributed by atoms with Gasteiger partial charge in [0.2, 0.25) is 0 Å². The number of nitrogens with zero attached hydrogens (tertiary/aromatic N) is 1. The molecule has 0 spiro atoms. The van der Waals surface area contributed by atoms with E-state index in [0.717, 1.165) is 33.9 Å². The molecule has 0 radical (unpaired) electrons. The van der Waals surface area contributed by atoms with Gasteiger partial charge in [-0.1, -0.05) is 140 Å². The minimum Gasteiger partial charge on any atom is -0.457 e. The number of rotatable bonds is 4. The molecule has 9 rings (SSSR count). The van der Waals surface area contributed by atoms with Gasteiger partial charge in [-0.2, -0.15) is 0 Å². The van der Waals surface area contributed by atoms with Gasteiger partial charge in [0.1, 0.15) is 11.5 Å². The van der Waals surface area contributed by atoms with Crippen LogP contribution < -0.4 is 4.74 Å². The average Bonchev–Trinajstić information content (AvgIpc) is 3.45. The van der Waals surface area contributed by atoms with Crippen molar-refractivity contribution in [1.82, 2.24) is 4.57 Å². The lowest BCUT2D eigenvalue weighted by atomic mass is 9.63. The molecule has 2 heteroatoms. The van der Waals surface area contributed by atoms with Crippen LogP contribution in [0.5, 0.6) is 11.5 Å². The number of aromatic nitrogens is 1. The summed E-state index contributed by atoms with van der Waals surface area (Å²) < 4.78 is 9.09. The molecular weight excluding hydrogens is 546 g/mol. The molecule has 0 aliphatic carbocycles. The minimum absolute atomic E-state index is 0.565. The highest BCUT2D eigenvalue weighted by Gasteiger charge is 2.45. The second-order valence-corrected chi connectivity index (χ2v) is 11.7. The van der Waals surface area contributed by atoms with Gasteiger partial charge in [0.05, 0.1) is 22.1 Å². The molecule has 1 aromatic heterocycles. The third-order valence-electron chi connectivity index (χ3n) is 9.34. The molecule has 2 nitrogen and oxygen atoms in total. The molecular formula is C43H29NO. The van der Waals surface area contributed by atoms with Crippen LogP contribution in [0.2, 0.25) is 0 Å². The van der Waals surface area contributed by atoms with Gasteiger partial charge in [0.25, 0.3) is 0 Å². The lowest BCUT2D eigenvalue weighted by Gasteiger charge is -2.41. The van der Waals surface area contributed by atoms with E-state index in [4.69, 9.17) is 4.74 Å². The zero-order valence-corrected chi connectivity index (χ0v) is 24.6. The molecule has 1 aliphatic heterocycles. The first-order valence-electron chi connectivity index (χ1n) is 15.4. The summed E-state index contributed by atoms with van der Waals surface area (Å²) in [6.07, 6.45) is 0. The zero-order chi connectivity index (χ0) is 29.8.